The van der Waals surface area contributed by atoms with E-state index in [1.807, 2.05) is 6.92 Å². The molecule has 2 rings (SSSR count). The molecule has 0 unspecified atom stereocenters. The van der Waals surface area contributed by atoms with E-state index < -0.39 is 28.5 Å². The normalized spacial score (nSPS) is 12.1. The molecule has 0 aliphatic rings. The van der Waals surface area contributed by atoms with E-state index in [-0.39, 0.29) is 28.2 Å². The molecule has 0 radical (unpaired) electrons. The largest absolute Gasteiger partial charge is 0.497 e. The Balaban J connectivity index is 2.40. The second kappa shape index (κ2) is 12.3. The molecule has 0 saturated carbocycles. The molecule has 34 heavy (non-hydrogen) atoms. The van der Waals surface area contributed by atoms with Gasteiger partial charge in [-0.15, -0.1) is 0 Å². The monoisotopic (exact) mass is 529 g/mol. The zero-order valence-corrected chi connectivity index (χ0v) is 21.9. The van der Waals surface area contributed by atoms with Gasteiger partial charge >= 0.3 is 0 Å². The summed E-state index contributed by atoms with van der Waals surface area (Å²) >= 11 is 12.3. The van der Waals surface area contributed by atoms with Gasteiger partial charge in [0.15, 0.2) is 0 Å². The summed E-state index contributed by atoms with van der Waals surface area (Å²) in [6.45, 7) is 3.51. The van der Waals surface area contributed by atoms with Gasteiger partial charge in [0.25, 0.3) is 0 Å². The maximum atomic E-state index is 13.5. The highest BCUT2D eigenvalue weighted by Crippen LogP contribution is 2.31. The van der Waals surface area contributed by atoms with Crippen LogP contribution in [0.25, 0.3) is 0 Å². The molecule has 8 nitrogen and oxygen atoms in total. The minimum absolute atomic E-state index is 0.0810. The highest BCUT2D eigenvalue weighted by molar-refractivity contribution is 7.92. The number of sulfonamides is 1. The van der Waals surface area contributed by atoms with Crippen LogP contribution in [0.1, 0.15) is 25.8 Å². The molecule has 186 valence electrons. The van der Waals surface area contributed by atoms with Gasteiger partial charge in [0.2, 0.25) is 21.8 Å². The van der Waals surface area contributed by atoms with Crippen LogP contribution >= 0.6 is 23.2 Å². The molecule has 2 aromatic rings. The Morgan fingerprint density at radius 2 is 1.76 bits per heavy atom. The van der Waals surface area contributed by atoms with Crippen molar-refractivity contribution in [2.24, 2.45) is 0 Å². The van der Waals surface area contributed by atoms with Crippen LogP contribution in [0, 0.1) is 0 Å². The van der Waals surface area contributed by atoms with E-state index in [0.29, 0.717) is 12.3 Å². The smallest absolute Gasteiger partial charge is 0.244 e. The van der Waals surface area contributed by atoms with Crippen molar-refractivity contribution >= 4 is 50.7 Å². The second-order valence-corrected chi connectivity index (χ2v) is 10.5. The fourth-order valence-corrected chi connectivity index (χ4v) is 4.47. The van der Waals surface area contributed by atoms with Gasteiger partial charge in [0.05, 0.1) is 24.1 Å². The van der Waals surface area contributed by atoms with Crippen LogP contribution in [0.3, 0.4) is 0 Å². The van der Waals surface area contributed by atoms with Gasteiger partial charge in [-0.3, -0.25) is 13.9 Å². The number of amides is 2. The molecule has 1 N–H and O–H groups in total. The number of anilines is 1. The average Bonchev–Trinajstić information content (AvgIpc) is 2.80. The van der Waals surface area contributed by atoms with E-state index in [2.05, 4.69) is 5.32 Å². The van der Waals surface area contributed by atoms with Crippen molar-refractivity contribution in [1.82, 2.24) is 10.2 Å². The lowest BCUT2D eigenvalue weighted by Gasteiger charge is -2.31. The summed E-state index contributed by atoms with van der Waals surface area (Å²) in [6, 6.07) is 10.5. The molecule has 0 aliphatic heterocycles. The Morgan fingerprint density at radius 3 is 2.32 bits per heavy atom. The number of carbonyl (C=O) groups is 2. The summed E-state index contributed by atoms with van der Waals surface area (Å²) in [5, 5.41) is 3.17. The highest BCUT2D eigenvalue weighted by Gasteiger charge is 2.30. The Bertz CT molecular complexity index is 1110. The van der Waals surface area contributed by atoms with Crippen molar-refractivity contribution in [3.05, 3.63) is 58.1 Å². The molecule has 0 fully saturated rings. The number of ether oxygens (including phenoxy) is 1. The molecular weight excluding hydrogens is 501 g/mol. The van der Waals surface area contributed by atoms with Crippen LogP contribution in [0.4, 0.5) is 5.69 Å². The molecule has 0 aliphatic carbocycles. The first-order valence-electron chi connectivity index (χ1n) is 10.6. The molecule has 0 heterocycles. The Kier molecular flexibility index (Phi) is 10.0. The Hall–Kier alpha value is -2.49. The summed E-state index contributed by atoms with van der Waals surface area (Å²) in [7, 11) is -2.35. The topological polar surface area (TPSA) is 96.0 Å². The number of rotatable bonds is 11. The van der Waals surface area contributed by atoms with E-state index in [9.17, 15) is 18.0 Å². The van der Waals surface area contributed by atoms with Gasteiger partial charge in [0, 0.05) is 18.1 Å². The van der Waals surface area contributed by atoms with Crippen LogP contribution < -0.4 is 14.4 Å². The maximum absolute atomic E-state index is 13.5. The predicted octanol–water partition coefficient (Wildman–Crippen LogP) is 3.71. The minimum atomic E-state index is -3.90. The molecule has 2 aromatic carbocycles. The summed E-state index contributed by atoms with van der Waals surface area (Å²) in [5.41, 5.74) is 0.827. The van der Waals surface area contributed by atoms with Gasteiger partial charge in [0.1, 0.15) is 18.3 Å². The third-order valence-electron chi connectivity index (χ3n) is 5.08. The fourth-order valence-electron chi connectivity index (χ4n) is 3.18. The minimum Gasteiger partial charge on any atom is -0.497 e. The van der Waals surface area contributed by atoms with Crippen molar-refractivity contribution in [3.63, 3.8) is 0 Å². The summed E-state index contributed by atoms with van der Waals surface area (Å²) in [6.07, 6.45) is 1.71. The summed E-state index contributed by atoms with van der Waals surface area (Å²) < 4.78 is 31.2. The van der Waals surface area contributed by atoms with Crippen molar-refractivity contribution in [3.8, 4) is 5.75 Å². The lowest BCUT2D eigenvalue weighted by Crippen LogP contribution is -2.51. The number of carbonyl (C=O) groups excluding carboxylic acids is 2. The summed E-state index contributed by atoms with van der Waals surface area (Å²) in [5.74, 6) is -0.263. The molecule has 11 heteroatoms. The number of benzene rings is 2. The third kappa shape index (κ3) is 7.51. The number of methoxy groups -OCH3 is 1. The molecular formula is C23H29Cl2N3O5S. The number of halogens is 2. The molecule has 1 atom stereocenters. The van der Waals surface area contributed by atoms with Crippen LogP contribution in [0.2, 0.25) is 10.0 Å². The molecule has 0 bridgehead atoms. The van der Waals surface area contributed by atoms with Gasteiger partial charge in [-0.25, -0.2) is 8.42 Å². The van der Waals surface area contributed by atoms with Gasteiger partial charge in [-0.05, 0) is 49.2 Å². The number of hydrogen-bond donors (Lipinski definition) is 1. The fraction of sp³-hybridized carbons (Fsp3) is 0.391. The zero-order valence-electron chi connectivity index (χ0n) is 19.5. The lowest BCUT2D eigenvalue weighted by atomic mass is 10.1. The van der Waals surface area contributed by atoms with Gasteiger partial charge in [-0.2, -0.15) is 0 Å². The SMILES string of the molecule is CCCNC(=O)[C@@H](C)N(Cc1ccc(OC)cc1)C(=O)CN(c1cc(Cl)ccc1Cl)S(C)(=O)=O. The quantitative estimate of drug-likeness (QED) is 0.478. The highest BCUT2D eigenvalue weighted by atomic mass is 35.5. The molecule has 2 amide bonds. The zero-order chi connectivity index (χ0) is 25.5. The second-order valence-electron chi connectivity index (χ2n) is 7.70. The van der Waals surface area contributed by atoms with Gasteiger partial charge < -0.3 is 15.0 Å². The van der Waals surface area contributed by atoms with E-state index in [0.717, 1.165) is 22.5 Å². The van der Waals surface area contributed by atoms with Gasteiger partial charge in [-0.1, -0.05) is 42.3 Å². The van der Waals surface area contributed by atoms with Crippen LogP contribution in [0.5, 0.6) is 5.75 Å². The van der Waals surface area contributed by atoms with Crippen molar-refractivity contribution in [2.45, 2.75) is 32.9 Å². The van der Waals surface area contributed by atoms with Crippen molar-refractivity contribution < 1.29 is 22.7 Å². The van der Waals surface area contributed by atoms with Crippen LogP contribution in [0.15, 0.2) is 42.5 Å². The lowest BCUT2D eigenvalue weighted by molar-refractivity contribution is -0.139. The first-order chi connectivity index (χ1) is 16.0. The first-order valence-corrected chi connectivity index (χ1v) is 13.2. The van der Waals surface area contributed by atoms with E-state index in [1.165, 1.54) is 23.1 Å². The Labute approximate surface area is 210 Å². The van der Waals surface area contributed by atoms with E-state index in [4.69, 9.17) is 27.9 Å². The Morgan fingerprint density at radius 1 is 1.12 bits per heavy atom. The number of hydrogen-bond acceptors (Lipinski definition) is 5. The average molecular weight is 530 g/mol. The van der Waals surface area contributed by atoms with Crippen LogP contribution in [-0.4, -0.2) is 57.6 Å². The molecule has 0 spiro atoms. The number of nitrogens with one attached hydrogen (secondary N) is 1. The first kappa shape index (κ1) is 27.8. The van der Waals surface area contributed by atoms with Crippen LogP contribution in [-0.2, 0) is 26.2 Å². The van der Waals surface area contributed by atoms with E-state index >= 15 is 0 Å². The van der Waals surface area contributed by atoms with E-state index in [1.54, 1.807) is 38.3 Å². The number of nitrogens with zero attached hydrogens (tertiary/aromatic N) is 2. The third-order valence-corrected chi connectivity index (χ3v) is 6.77. The standard InChI is InChI=1S/C23H29Cl2N3O5S/c1-5-12-26-23(30)16(2)27(14-17-6-9-19(33-3)10-7-17)22(29)15-28(34(4,31)32)21-13-18(24)8-11-20(21)25/h6-11,13,16H,5,12,14-15H2,1-4H3,(H,26,30)/t16-/m1/s1. The molecule has 0 saturated heterocycles. The summed E-state index contributed by atoms with van der Waals surface area (Å²) in [4.78, 5) is 27.5. The van der Waals surface area contributed by atoms with Crippen molar-refractivity contribution in [2.75, 3.05) is 30.8 Å². The molecule has 0 aromatic heterocycles. The van der Waals surface area contributed by atoms with Crippen molar-refractivity contribution in [1.29, 1.82) is 0 Å². The maximum Gasteiger partial charge on any atom is 0.244 e. The predicted molar refractivity (Wildman–Crippen MR) is 135 cm³/mol.